The van der Waals surface area contributed by atoms with Gasteiger partial charge in [-0.25, -0.2) is 5.43 Å². The first kappa shape index (κ1) is 15.8. The minimum Gasteiger partial charge on any atom is -0.508 e. The molecule has 0 spiro atoms. The number of carbonyl (C=O) groups is 1. The summed E-state index contributed by atoms with van der Waals surface area (Å²) in [5.41, 5.74) is 4.74. The highest BCUT2D eigenvalue weighted by atomic mass is 35.5. The van der Waals surface area contributed by atoms with Crippen molar-refractivity contribution in [3.8, 4) is 17.0 Å². The third-order valence-electron chi connectivity index (χ3n) is 3.25. The zero-order chi connectivity index (χ0) is 16.9. The summed E-state index contributed by atoms with van der Waals surface area (Å²) in [4.78, 5) is 12.0. The number of benzene rings is 2. The van der Waals surface area contributed by atoms with E-state index in [1.807, 2.05) is 18.2 Å². The summed E-state index contributed by atoms with van der Waals surface area (Å²) < 4.78 is 0. The van der Waals surface area contributed by atoms with Crippen molar-refractivity contribution in [1.29, 1.82) is 0 Å². The number of carbonyl (C=O) groups excluding carboxylic acids is 1. The topological polar surface area (TPSA) is 90.4 Å². The molecule has 1 amide bonds. The molecule has 2 aromatic carbocycles. The lowest BCUT2D eigenvalue weighted by Gasteiger charge is -1.98. The molecule has 0 aliphatic rings. The summed E-state index contributed by atoms with van der Waals surface area (Å²) in [7, 11) is 0. The van der Waals surface area contributed by atoms with Gasteiger partial charge in [0.25, 0.3) is 5.91 Å². The molecule has 0 atom stereocenters. The van der Waals surface area contributed by atoms with Gasteiger partial charge in [-0.2, -0.15) is 10.2 Å². The Kier molecular flexibility index (Phi) is 4.58. The number of aromatic nitrogens is 2. The summed E-state index contributed by atoms with van der Waals surface area (Å²) in [5, 5.41) is 20.4. The summed E-state index contributed by atoms with van der Waals surface area (Å²) in [6, 6.07) is 15.3. The summed E-state index contributed by atoms with van der Waals surface area (Å²) in [6.07, 6.45) is 1.47. The van der Waals surface area contributed by atoms with Gasteiger partial charge in [0.2, 0.25) is 0 Å². The van der Waals surface area contributed by atoms with Crippen molar-refractivity contribution in [2.45, 2.75) is 0 Å². The third-order valence-corrected chi connectivity index (χ3v) is 3.57. The molecular weight excluding hydrogens is 328 g/mol. The molecule has 6 nitrogen and oxygen atoms in total. The van der Waals surface area contributed by atoms with Crippen LogP contribution in [0.3, 0.4) is 0 Å². The number of hydrazone groups is 1. The minimum absolute atomic E-state index is 0.167. The lowest BCUT2D eigenvalue weighted by atomic mass is 10.1. The number of phenols is 1. The number of aromatic hydroxyl groups is 1. The van der Waals surface area contributed by atoms with Crippen LogP contribution in [0.5, 0.6) is 5.75 Å². The molecule has 1 heterocycles. The molecule has 0 radical (unpaired) electrons. The van der Waals surface area contributed by atoms with E-state index in [2.05, 4.69) is 20.7 Å². The SMILES string of the molecule is O=C(NN=Cc1ccc(O)cc1)c1cc(-c2ccccc2Cl)n[nH]1. The predicted octanol–water partition coefficient (Wildman–Crippen LogP) is 3.20. The van der Waals surface area contributed by atoms with Gasteiger partial charge in [-0.3, -0.25) is 9.89 Å². The standard InChI is InChI=1S/C17H13ClN4O2/c18-14-4-2-1-3-13(14)15-9-16(21-20-15)17(24)22-19-10-11-5-7-12(23)8-6-11/h1-10,23H,(H,20,21)(H,22,24). The molecule has 120 valence electrons. The highest BCUT2D eigenvalue weighted by Crippen LogP contribution is 2.26. The number of rotatable bonds is 4. The number of halogens is 1. The van der Waals surface area contributed by atoms with E-state index in [0.717, 1.165) is 11.1 Å². The van der Waals surface area contributed by atoms with Gasteiger partial charge >= 0.3 is 0 Å². The van der Waals surface area contributed by atoms with E-state index < -0.39 is 5.91 Å². The van der Waals surface area contributed by atoms with Crippen LogP contribution in [0.25, 0.3) is 11.3 Å². The minimum atomic E-state index is -0.421. The third kappa shape index (κ3) is 3.61. The zero-order valence-corrected chi connectivity index (χ0v) is 13.2. The lowest BCUT2D eigenvalue weighted by molar-refractivity contribution is 0.0950. The molecule has 0 saturated heterocycles. The monoisotopic (exact) mass is 340 g/mol. The van der Waals surface area contributed by atoms with Crippen LogP contribution in [0.1, 0.15) is 16.1 Å². The second-order valence-electron chi connectivity index (χ2n) is 4.94. The van der Waals surface area contributed by atoms with Gasteiger partial charge in [0.15, 0.2) is 0 Å². The number of hydrogen-bond acceptors (Lipinski definition) is 4. The Labute approximate surface area is 142 Å². The van der Waals surface area contributed by atoms with Crippen LogP contribution in [0.4, 0.5) is 0 Å². The van der Waals surface area contributed by atoms with Crippen LogP contribution < -0.4 is 5.43 Å². The zero-order valence-electron chi connectivity index (χ0n) is 12.4. The molecule has 0 saturated carbocycles. The maximum Gasteiger partial charge on any atom is 0.289 e. The molecule has 0 aliphatic carbocycles. The Morgan fingerprint density at radius 3 is 2.71 bits per heavy atom. The van der Waals surface area contributed by atoms with E-state index in [9.17, 15) is 9.90 Å². The van der Waals surface area contributed by atoms with Gasteiger partial charge in [-0.15, -0.1) is 0 Å². The van der Waals surface area contributed by atoms with Crippen molar-refractivity contribution >= 4 is 23.7 Å². The Bertz CT molecular complexity index is 888. The number of phenolic OH excluding ortho intramolecular Hbond substituents is 1. The van der Waals surface area contributed by atoms with Gasteiger partial charge in [0, 0.05) is 5.56 Å². The van der Waals surface area contributed by atoms with Crippen LogP contribution in [-0.2, 0) is 0 Å². The fraction of sp³-hybridized carbons (Fsp3) is 0. The maximum atomic E-state index is 12.0. The molecule has 7 heteroatoms. The van der Waals surface area contributed by atoms with Gasteiger partial charge in [0.05, 0.1) is 16.9 Å². The molecule has 24 heavy (non-hydrogen) atoms. The molecule has 0 bridgehead atoms. The van der Waals surface area contributed by atoms with Crippen molar-refractivity contribution < 1.29 is 9.90 Å². The van der Waals surface area contributed by atoms with Crippen LogP contribution in [0.15, 0.2) is 59.7 Å². The average Bonchev–Trinajstić information content (AvgIpc) is 3.07. The first-order valence-electron chi connectivity index (χ1n) is 7.06. The maximum absolute atomic E-state index is 12.0. The number of nitrogens with zero attached hydrogens (tertiary/aromatic N) is 2. The van der Waals surface area contributed by atoms with E-state index in [0.29, 0.717) is 10.7 Å². The molecule has 0 aliphatic heterocycles. The summed E-state index contributed by atoms with van der Waals surface area (Å²) in [6.45, 7) is 0. The van der Waals surface area contributed by atoms with Crippen LogP contribution >= 0.6 is 11.6 Å². The van der Waals surface area contributed by atoms with Gasteiger partial charge in [0.1, 0.15) is 11.4 Å². The Balaban J connectivity index is 1.68. The summed E-state index contributed by atoms with van der Waals surface area (Å²) >= 11 is 6.11. The van der Waals surface area contributed by atoms with E-state index in [4.69, 9.17) is 11.6 Å². The van der Waals surface area contributed by atoms with Crippen LogP contribution in [0.2, 0.25) is 5.02 Å². The number of hydrogen-bond donors (Lipinski definition) is 3. The van der Waals surface area contributed by atoms with Crippen molar-refractivity contribution in [2.24, 2.45) is 5.10 Å². The molecule has 3 rings (SSSR count). The van der Waals surface area contributed by atoms with E-state index >= 15 is 0 Å². The van der Waals surface area contributed by atoms with Crippen molar-refractivity contribution in [3.05, 3.63) is 70.9 Å². The van der Waals surface area contributed by atoms with Crippen LogP contribution in [0, 0.1) is 0 Å². The Morgan fingerprint density at radius 1 is 1.21 bits per heavy atom. The largest absolute Gasteiger partial charge is 0.508 e. The smallest absolute Gasteiger partial charge is 0.289 e. The second-order valence-corrected chi connectivity index (χ2v) is 5.34. The van der Waals surface area contributed by atoms with Crippen molar-refractivity contribution in [3.63, 3.8) is 0 Å². The van der Waals surface area contributed by atoms with Crippen molar-refractivity contribution in [2.75, 3.05) is 0 Å². The number of aromatic amines is 1. The average molecular weight is 341 g/mol. The lowest BCUT2D eigenvalue weighted by Crippen LogP contribution is -2.17. The highest BCUT2D eigenvalue weighted by Gasteiger charge is 2.12. The van der Waals surface area contributed by atoms with Gasteiger partial charge in [-0.1, -0.05) is 29.8 Å². The Hall–Kier alpha value is -3.12. The molecule has 0 unspecified atom stereocenters. The predicted molar refractivity (Wildman–Crippen MR) is 92.2 cm³/mol. The van der Waals surface area contributed by atoms with E-state index in [1.54, 1.807) is 24.3 Å². The second kappa shape index (κ2) is 6.97. The molecule has 3 N–H and O–H groups in total. The van der Waals surface area contributed by atoms with E-state index in [1.165, 1.54) is 18.3 Å². The number of amides is 1. The fourth-order valence-electron chi connectivity index (χ4n) is 2.03. The Morgan fingerprint density at radius 2 is 1.96 bits per heavy atom. The normalized spacial score (nSPS) is 10.9. The van der Waals surface area contributed by atoms with Crippen LogP contribution in [-0.4, -0.2) is 27.4 Å². The van der Waals surface area contributed by atoms with E-state index in [-0.39, 0.29) is 11.4 Å². The first-order valence-corrected chi connectivity index (χ1v) is 7.44. The fourth-order valence-corrected chi connectivity index (χ4v) is 2.26. The number of H-pyrrole nitrogens is 1. The highest BCUT2D eigenvalue weighted by molar-refractivity contribution is 6.33. The quantitative estimate of drug-likeness (QED) is 0.503. The molecule has 1 aromatic heterocycles. The van der Waals surface area contributed by atoms with Gasteiger partial charge < -0.3 is 5.11 Å². The molecule has 0 fully saturated rings. The number of nitrogens with one attached hydrogen (secondary N) is 2. The summed E-state index contributed by atoms with van der Waals surface area (Å²) in [5.74, 6) is -0.253. The van der Waals surface area contributed by atoms with Crippen molar-refractivity contribution in [1.82, 2.24) is 15.6 Å². The molecule has 3 aromatic rings. The first-order chi connectivity index (χ1) is 11.6. The van der Waals surface area contributed by atoms with Gasteiger partial charge in [-0.05, 0) is 42.0 Å². The molecular formula is C17H13ClN4O2.